The average molecular weight is 332 g/mol. The molecule has 0 fully saturated rings. The highest BCUT2D eigenvalue weighted by Crippen LogP contribution is 2.21. The highest BCUT2D eigenvalue weighted by molar-refractivity contribution is 7.08. The molecular formula is C17H20N2O3S. The van der Waals surface area contributed by atoms with Gasteiger partial charge in [0.2, 0.25) is 0 Å². The van der Waals surface area contributed by atoms with Crippen LogP contribution in [0.4, 0.5) is 0 Å². The molecule has 23 heavy (non-hydrogen) atoms. The van der Waals surface area contributed by atoms with Gasteiger partial charge in [-0.3, -0.25) is 9.78 Å². The molecule has 2 heterocycles. The van der Waals surface area contributed by atoms with E-state index < -0.39 is 17.9 Å². The van der Waals surface area contributed by atoms with Crippen molar-refractivity contribution < 1.29 is 14.7 Å². The summed E-state index contributed by atoms with van der Waals surface area (Å²) >= 11 is 1.58. The Bertz CT molecular complexity index is 696. The van der Waals surface area contributed by atoms with Gasteiger partial charge in [0.25, 0.3) is 5.91 Å². The van der Waals surface area contributed by atoms with E-state index in [9.17, 15) is 14.7 Å². The lowest BCUT2D eigenvalue weighted by Gasteiger charge is -2.17. The molecule has 0 aliphatic carbocycles. The number of carboxylic acid groups (broad SMARTS) is 1. The van der Waals surface area contributed by atoms with E-state index in [0.717, 1.165) is 11.3 Å². The topological polar surface area (TPSA) is 79.3 Å². The minimum absolute atomic E-state index is 0.177. The van der Waals surface area contributed by atoms with Crippen molar-refractivity contribution in [1.82, 2.24) is 10.3 Å². The first kappa shape index (κ1) is 17.1. The molecule has 2 rings (SSSR count). The molecule has 2 aromatic heterocycles. The molecule has 0 bridgehead atoms. The number of nitrogens with zero attached hydrogens (tertiary/aromatic N) is 1. The molecule has 5 nitrogen and oxygen atoms in total. The molecule has 6 heteroatoms. The second kappa shape index (κ2) is 7.37. The fraction of sp³-hybridized carbons (Fsp3) is 0.353. The van der Waals surface area contributed by atoms with Gasteiger partial charge in [0.05, 0.1) is 17.0 Å². The van der Waals surface area contributed by atoms with E-state index in [-0.39, 0.29) is 5.92 Å². The number of nitrogens with one attached hydrogen (secondary N) is 1. The fourth-order valence-corrected chi connectivity index (χ4v) is 2.95. The van der Waals surface area contributed by atoms with Gasteiger partial charge in [-0.15, -0.1) is 0 Å². The quantitative estimate of drug-likeness (QED) is 0.850. The summed E-state index contributed by atoms with van der Waals surface area (Å²) in [6, 6.07) is 4.55. The molecule has 0 aliphatic heterocycles. The molecule has 122 valence electrons. The number of pyridine rings is 1. The van der Waals surface area contributed by atoms with E-state index in [0.29, 0.717) is 17.7 Å². The van der Waals surface area contributed by atoms with Gasteiger partial charge in [-0.2, -0.15) is 11.3 Å². The van der Waals surface area contributed by atoms with E-state index in [1.807, 2.05) is 30.7 Å². The molecule has 0 radical (unpaired) electrons. The SMILES string of the molecule is Cc1nc(-c2ccsc2)ccc1C(=O)NC(CC(C)C)C(=O)O. The maximum Gasteiger partial charge on any atom is 0.326 e. The van der Waals surface area contributed by atoms with Crippen LogP contribution in [0.3, 0.4) is 0 Å². The molecule has 0 aromatic carbocycles. The Hall–Kier alpha value is -2.21. The molecule has 2 aromatic rings. The fourth-order valence-electron chi connectivity index (χ4n) is 2.30. The first-order valence-electron chi connectivity index (χ1n) is 7.42. The summed E-state index contributed by atoms with van der Waals surface area (Å²) < 4.78 is 0. The summed E-state index contributed by atoms with van der Waals surface area (Å²) in [7, 11) is 0. The summed E-state index contributed by atoms with van der Waals surface area (Å²) in [6.45, 7) is 5.60. The number of thiophene rings is 1. The van der Waals surface area contributed by atoms with E-state index in [4.69, 9.17) is 0 Å². The van der Waals surface area contributed by atoms with Gasteiger partial charge in [-0.25, -0.2) is 4.79 Å². The number of aryl methyl sites for hydroxylation is 1. The van der Waals surface area contributed by atoms with Crippen LogP contribution in [0.5, 0.6) is 0 Å². The molecule has 2 N–H and O–H groups in total. The van der Waals surface area contributed by atoms with Crippen molar-refractivity contribution in [3.63, 3.8) is 0 Å². The Labute approximate surface area is 139 Å². The van der Waals surface area contributed by atoms with Crippen LogP contribution in [-0.2, 0) is 4.79 Å². The predicted molar refractivity (Wildman–Crippen MR) is 90.6 cm³/mol. The van der Waals surface area contributed by atoms with Crippen LogP contribution in [0.25, 0.3) is 11.3 Å². The number of rotatable bonds is 6. The third-order valence-electron chi connectivity index (χ3n) is 3.46. The number of carboxylic acids is 1. The molecule has 1 unspecified atom stereocenters. The smallest absolute Gasteiger partial charge is 0.326 e. The zero-order valence-corrected chi connectivity index (χ0v) is 14.2. The monoisotopic (exact) mass is 332 g/mol. The maximum atomic E-state index is 12.3. The van der Waals surface area contributed by atoms with Crippen LogP contribution in [0.2, 0.25) is 0 Å². The summed E-state index contributed by atoms with van der Waals surface area (Å²) in [5.74, 6) is -1.25. The van der Waals surface area contributed by atoms with E-state index in [2.05, 4.69) is 10.3 Å². The van der Waals surface area contributed by atoms with Gasteiger partial charge in [0.1, 0.15) is 6.04 Å². The Morgan fingerprint density at radius 2 is 2.04 bits per heavy atom. The van der Waals surface area contributed by atoms with Crippen molar-refractivity contribution in [1.29, 1.82) is 0 Å². The minimum atomic E-state index is -1.02. The van der Waals surface area contributed by atoms with Crippen LogP contribution < -0.4 is 5.32 Å². The number of amides is 1. The summed E-state index contributed by atoms with van der Waals surface area (Å²) in [5.41, 5.74) is 2.80. The Morgan fingerprint density at radius 1 is 1.30 bits per heavy atom. The number of carbonyl (C=O) groups excluding carboxylic acids is 1. The molecule has 0 aliphatic rings. The lowest BCUT2D eigenvalue weighted by atomic mass is 10.0. The zero-order chi connectivity index (χ0) is 17.0. The lowest BCUT2D eigenvalue weighted by Crippen LogP contribution is -2.41. The normalized spacial score (nSPS) is 12.2. The number of aromatic nitrogens is 1. The van der Waals surface area contributed by atoms with Gasteiger partial charge in [-0.05, 0) is 42.8 Å². The highest BCUT2D eigenvalue weighted by Gasteiger charge is 2.22. The third kappa shape index (κ3) is 4.39. The van der Waals surface area contributed by atoms with E-state index >= 15 is 0 Å². The van der Waals surface area contributed by atoms with Gasteiger partial charge < -0.3 is 10.4 Å². The average Bonchev–Trinajstić information content (AvgIpc) is 2.99. The Kier molecular flexibility index (Phi) is 5.50. The molecule has 1 amide bonds. The molecule has 0 saturated heterocycles. The van der Waals surface area contributed by atoms with Gasteiger partial charge >= 0.3 is 5.97 Å². The number of carbonyl (C=O) groups is 2. The van der Waals surface area contributed by atoms with Crippen LogP contribution in [0.15, 0.2) is 29.0 Å². The predicted octanol–water partition coefficient (Wildman–Crippen LogP) is 3.35. The van der Waals surface area contributed by atoms with Crippen LogP contribution in [0, 0.1) is 12.8 Å². The van der Waals surface area contributed by atoms with Crippen molar-refractivity contribution in [2.24, 2.45) is 5.92 Å². The molecule has 1 atom stereocenters. The third-order valence-corrected chi connectivity index (χ3v) is 4.14. The standard InChI is InChI=1S/C17H20N2O3S/c1-10(2)8-15(17(21)22)19-16(20)13-4-5-14(18-11(13)3)12-6-7-23-9-12/h4-7,9-10,15H,8H2,1-3H3,(H,19,20)(H,21,22). The van der Waals surface area contributed by atoms with Crippen molar-refractivity contribution >= 4 is 23.2 Å². The number of aliphatic carboxylic acids is 1. The summed E-state index contributed by atoms with van der Waals surface area (Å²) in [5, 5.41) is 15.8. The number of hydrogen-bond acceptors (Lipinski definition) is 4. The van der Waals surface area contributed by atoms with Gasteiger partial charge in [-0.1, -0.05) is 13.8 Å². The van der Waals surface area contributed by atoms with Crippen LogP contribution >= 0.6 is 11.3 Å². The first-order chi connectivity index (χ1) is 10.9. The van der Waals surface area contributed by atoms with Crippen molar-refractivity contribution in [2.45, 2.75) is 33.2 Å². The van der Waals surface area contributed by atoms with Crippen molar-refractivity contribution in [3.8, 4) is 11.3 Å². The van der Waals surface area contributed by atoms with Crippen LogP contribution in [0.1, 0.15) is 36.3 Å². The highest BCUT2D eigenvalue weighted by atomic mass is 32.1. The lowest BCUT2D eigenvalue weighted by molar-refractivity contribution is -0.139. The molecular weight excluding hydrogens is 312 g/mol. The van der Waals surface area contributed by atoms with Gasteiger partial charge in [0, 0.05) is 10.9 Å². The minimum Gasteiger partial charge on any atom is -0.480 e. The van der Waals surface area contributed by atoms with E-state index in [1.165, 1.54) is 0 Å². The Balaban J connectivity index is 2.17. The number of hydrogen-bond donors (Lipinski definition) is 2. The molecule has 0 saturated carbocycles. The Morgan fingerprint density at radius 3 is 2.57 bits per heavy atom. The largest absolute Gasteiger partial charge is 0.480 e. The second-order valence-corrected chi connectivity index (χ2v) is 6.62. The first-order valence-corrected chi connectivity index (χ1v) is 8.36. The van der Waals surface area contributed by atoms with Crippen molar-refractivity contribution in [3.05, 3.63) is 40.2 Å². The van der Waals surface area contributed by atoms with Crippen molar-refractivity contribution in [2.75, 3.05) is 0 Å². The van der Waals surface area contributed by atoms with Gasteiger partial charge in [0.15, 0.2) is 0 Å². The summed E-state index contributed by atoms with van der Waals surface area (Å²) in [4.78, 5) is 28.1. The van der Waals surface area contributed by atoms with Crippen LogP contribution in [-0.4, -0.2) is 28.0 Å². The zero-order valence-electron chi connectivity index (χ0n) is 13.4. The maximum absolute atomic E-state index is 12.3. The summed E-state index contributed by atoms with van der Waals surface area (Å²) in [6.07, 6.45) is 0.389. The van der Waals surface area contributed by atoms with E-state index in [1.54, 1.807) is 30.4 Å². The molecule has 0 spiro atoms. The second-order valence-electron chi connectivity index (χ2n) is 5.84.